The smallest absolute Gasteiger partial charge is 0.323 e. The van der Waals surface area contributed by atoms with Crippen molar-refractivity contribution in [2.75, 3.05) is 13.1 Å². The number of carboxylic acids is 1. The van der Waals surface area contributed by atoms with Crippen molar-refractivity contribution in [2.24, 2.45) is 0 Å². The minimum atomic E-state index is -1.09. The lowest BCUT2D eigenvalue weighted by molar-refractivity contribution is -0.137. The van der Waals surface area contributed by atoms with Gasteiger partial charge in [0.2, 0.25) is 5.56 Å². The third kappa shape index (κ3) is 2.69. The number of fused-ring (bicyclic) bond motifs is 1. The first kappa shape index (κ1) is 13.8. The Balaban J connectivity index is 2.53. The van der Waals surface area contributed by atoms with Crippen LogP contribution in [-0.2, 0) is 4.79 Å². The molecule has 0 saturated carbocycles. The summed E-state index contributed by atoms with van der Waals surface area (Å²) in [5, 5.41) is 9.41. The average Bonchev–Trinajstić information content (AvgIpc) is 2.42. The number of hydrogen-bond donors (Lipinski definition) is 2. The molecule has 0 fully saturated rings. The molecule has 0 saturated heterocycles. The third-order valence-electron chi connectivity index (χ3n) is 2.98. The number of benzene rings is 1. The number of aliphatic carboxylic acids is 1. The van der Waals surface area contributed by atoms with Crippen LogP contribution in [0.5, 0.6) is 0 Å². The van der Waals surface area contributed by atoms with Gasteiger partial charge >= 0.3 is 5.97 Å². The van der Waals surface area contributed by atoms with Crippen molar-refractivity contribution in [3.05, 3.63) is 46.2 Å². The maximum absolute atomic E-state index is 12.4. The summed E-state index contributed by atoms with van der Waals surface area (Å²) >= 11 is 0. The summed E-state index contributed by atoms with van der Waals surface area (Å²) in [6.07, 6.45) is 0. The summed E-state index contributed by atoms with van der Waals surface area (Å²) in [6, 6.07) is 8.12. The number of H-pyrrole nitrogens is 1. The maximum Gasteiger partial charge on any atom is 0.323 e. The van der Waals surface area contributed by atoms with Gasteiger partial charge in [0.15, 0.2) is 0 Å². The van der Waals surface area contributed by atoms with Crippen molar-refractivity contribution in [3.8, 4) is 0 Å². The molecule has 20 heavy (non-hydrogen) atoms. The molecule has 2 rings (SSSR count). The van der Waals surface area contributed by atoms with E-state index in [2.05, 4.69) is 4.98 Å². The van der Waals surface area contributed by atoms with Gasteiger partial charge in [0, 0.05) is 23.5 Å². The zero-order valence-electron chi connectivity index (χ0n) is 10.9. The van der Waals surface area contributed by atoms with Gasteiger partial charge in [-0.15, -0.1) is 0 Å². The quantitative estimate of drug-likeness (QED) is 0.872. The number of nitrogens with one attached hydrogen (secondary N) is 1. The molecular weight excluding hydrogens is 260 g/mol. The molecular formula is C14H14N2O4. The molecule has 0 aliphatic heterocycles. The normalized spacial score (nSPS) is 10.4. The minimum Gasteiger partial charge on any atom is -0.480 e. The number of pyridine rings is 1. The maximum atomic E-state index is 12.4. The topological polar surface area (TPSA) is 90.5 Å². The molecule has 0 atom stereocenters. The highest BCUT2D eigenvalue weighted by Crippen LogP contribution is 2.16. The Morgan fingerprint density at radius 1 is 1.30 bits per heavy atom. The number of nitrogens with zero attached hydrogens (tertiary/aromatic N) is 1. The van der Waals surface area contributed by atoms with Gasteiger partial charge in [-0.2, -0.15) is 0 Å². The Morgan fingerprint density at radius 2 is 2.00 bits per heavy atom. The van der Waals surface area contributed by atoms with Gasteiger partial charge in [0.25, 0.3) is 5.91 Å². The van der Waals surface area contributed by atoms with E-state index < -0.39 is 24.0 Å². The molecule has 0 radical (unpaired) electrons. The lowest BCUT2D eigenvalue weighted by atomic mass is 10.1. The molecule has 1 aromatic heterocycles. The number of carbonyl (C=O) groups is 2. The monoisotopic (exact) mass is 274 g/mol. The first-order valence-electron chi connectivity index (χ1n) is 6.16. The lowest BCUT2D eigenvalue weighted by Gasteiger charge is -2.19. The van der Waals surface area contributed by atoms with E-state index in [4.69, 9.17) is 5.11 Å². The van der Waals surface area contributed by atoms with Crippen molar-refractivity contribution in [1.29, 1.82) is 0 Å². The van der Waals surface area contributed by atoms with Crippen LogP contribution in [0, 0.1) is 0 Å². The number of rotatable bonds is 4. The van der Waals surface area contributed by atoms with E-state index in [0.29, 0.717) is 10.9 Å². The van der Waals surface area contributed by atoms with Crippen LogP contribution in [0.25, 0.3) is 10.9 Å². The number of hydrogen-bond acceptors (Lipinski definition) is 3. The number of carboxylic acid groups (broad SMARTS) is 1. The van der Waals surface area contributed by atoms with Crippen LogP contribution in [0.1, 0.15) is 17.3 Å². The Morgan fingerprint density at radius 3 is 2.65 bits per heavy atom. The number of carbonyl (C=O) groups excluding carboxylic acids is 1. The second kappa shape index (κ2) is 5.56. The molecule has 104 valence electrons. The fourth-order valence-electron chi connectivity index (χ4n) is 2.04. The molecule has 0 unspecified atom stereocenters. The highest BCUT2D eigenvalue weighted by atomic mass is 16.4. The van der Waals surface area contributed by atoms with Crippen molar-refractivity contribution in [3.63, 3.8) is 0 Å². The standard InChI is InChI=1S/C14H14N2O4/c1-2-16(8-13(18)19)14(20)10-7-12(17)15-11-6-4-3-5-9(10)11/h3-7H,2,8H2,1H3,(H,15,17)(H,18,19). The molecule has 0 aliphatic carbocycles. The van der Waals surface area contributed by atoms with Gasteiger partial charge in [0.1, 0.15) is 6.54 Å². The molecule has 1 aromatic carbocycles. The van der Waals surface area contributed by atoms with E-state index in [1.807, 2.05) is 0 Å². The largest absolute Gasteiger partial charge is 0.480 e. The summed E-state index contributed by atoms with van der Waals surface area (Å²) in [5.74, 6) is -1.55. The van der Waals surface area contributed by atoms with Crippen LogP contribution >= 0.6 is 0 Å². The predicted octanol–water partition coefficient (Wildman–Crippen LogP) is 1.07. The molecule has 6 heteroatoms. The zero-order valence-corrected chi connectivity index (χ0v) is 10.9. The molecule has 2 N–H and O–H groups in total. The Labute approximate surface area is 114 Å². The van der Waals surface area contributed by atoms with Crippen LogP contribution in [0.15, 0.2) is 35.1 Å². The van der Waals surface area contributed by atoms with Gasteiger partial charge in [-0.25, -0.2) is 0 Å². The highest BCUT2D eigenvalue weighted by molar-refractivity contribution is 6.06. The van der Waals surface area contributed by atoms with Gasteiger partial charge in [-0.05, 0) is 13.0 Å². The molecule has 2 aromatic rings. The van der Waals surface area contributed by atoms with Gasteiger partial charge < -0.3 is 15.0 Å². The van der Waals surface area contributed by atoms with E-state index in [9.17, 15) is 14.4 Å². The minimum absolute atomic E-state index is 0.215. The van der Waals surface area contributed by atoms with E-state index in [1.54, 1.807) is 31.2 Å². The van der Waals surface area contributed by atoms with Crippen molar-refractivity contribution < 1.29 is 14.7 Å². The number of aromatic nitrogens is 1. The van der Waals surface area contributed by atoms with Crippen LogP contribution in [0.2, 0.25) is 0 Å². The first-order chi connectivity index (χ1) is 9.52. The summed E-state index contributed by atoms with van der Waals surface area (Å²) < 4.78 is 0. The Hall–Kier alpha value is -2.63. The zero-order chi connectivity index (χ0) is 14.7. The summed E-state index contributed by atoms with van der Waals surface area (Å²) in [4.78, 5) is 38.6. The number of amides is 1. The van der Waals surface area contributed by atoms with Gasteiger partial charge in [-0.3, -0.25) is 14.4 Å². The first-order valence-corrected chi connectivity index (χ1v) is 6.16. The predicted molar refractivity (Wildman–Crippen MR) is 73.8 cm³/mol. The SMILES string of the molecule is CCN(CC(=O)O)C(=O)c1cc(=O)[nH]c2ccccc12. The fourth-order valence-corrected chi connectivity index (χ4v) is 2.04. The summed E-state index contributed by atoms with van der Waals surface area (Å²) in [7, 11) is 0. The van der Waals surface area contributed by atoms with Crippen LogP contribution in [0.3, 0.4) is 0 Å². The van der Waals surface area contributed by atoms with Crippen molar-refractivity contribution in [2.45, 2.75) is 6.92 Å². The molecule has 1 amide bonds. The van der Waals surface area contributed by atoms with Gasteiger partial charge in [0.05, 0.1) is 5.56 Å². The fraction of sp³-hybridized carbons (Fsp3) is 0.214. The van der Waals surface area contributed by atoms with Crippen LogP contribution in [-0.4, -0.2) is 40.0 Å². The molecule has 6 nitrogen and oxygen atoms in total. The number of para-hydroxylation sites is 1. The molecule has 0 spiro atoms. The highest BCUT2D eigenvalue weighted by Gasteiger charge is 2.19. The van der Waals surface area contributed by atoms with Gasteiger partial charge in [-0.1, -0.05) is 18.2 Å². The second-order valence-electron chi connectivity index (χ2n) is 4.31. The molecule has 0 aliphatic rings. The lowest BCUT2D eigenvalue weighted by Crippen LogP contribution is -2.36. The van der Waals surface area contributed by atoms with Crippen LogP contribution < -0.4 is 5.56 Å². The Kier molecular flexibility index (Phi) is 3.84. The van der Waals surface area contributed by atoms with E-state index in [1.165, 1.54) is 11.0 Å². The van der Waals surface area contributed by atoms with E-state index >= 15 is 0 Å². The van der Waals surface area contributed by atoms with E-state index in [0.717, 1.165) is 0 Å². The van der Waals surface area contributed by atoms with Crippen molar-refractivity contribution in [1.82, 2.24) is 9.88 Å². The van der Waals surface area contributed by atoms with E-state index in [-0.39, 0.29) is 12.1 Å². The molecule has 1 heterocycles. The van der Waals surface area contributed by atoms with Crippen LogP contribution in [0.4, 0.5) is 0 Å². The summed E-state index contributed by atoms with van der Waals surface area (Å²) in [6.45, 7) is 1.55. The number of aromatic amines is 1. The summed E-state index contributed by atoms with van der Waals surface area (Å²) in [5.41, 5.74) is 0.376. The second-order valence-corrected chi connectivity index (χ2v) is 4.31. The molecule has 0 bridgehead atoms. The van der Waals surface area contributed by atoms with Crippen molar-refractivity contribution >= 4 is 22.8 Å². The number of likely N-dealkylation sites (N-methyl/N-ethyl adjacent to an activating group) is 1. The third-order valence-corrected chi connectivity index (χ3v) is 2.98. The Bertz CT molecular complexity index is 720. The average molecular weight is 274 g/mol.